The monoisotopic (exact) mass is 358 g/mol. The number of carbonyl (C=O) groups is 1. The first-order chi connectivity index (χ1) is 11.8. The summed E-state index contributed by atoms with van der Waals surface area (Å²) in [5.74, 6) is 1.46. The molecule has 0 atom stereocenters. The Labute approximate surface area is 146 Å². The molecule has 0 aliphatic carbocycles. The van der Waals surface area contributed by atoms with E-state index in [1.165, 1.54) is 11.3 Å². The van der Waals surface area contributed by atoms with Crippen LogP contribution in [-0.4, -0.2) is 17.7 Å². The SMILES string of the molecule is O=C(CCc1ccc2c(c1)OCO2)Nc1nc(-c2cccs2)cs1. The molecule has 7 heteroatoms. The van der Waals surface area contributed by atoms with Gasteiger partial charge in [0.1, 0.15) is 0 Å². The second-order valence-electron chi connectivity index (χ2n) is 5.25. The van der Waals surface area contributed by atoms with Crippen LogP contribution in [0.5, 0.6) is 11.5 Å². The summed E-state index contributed by atoms with van der Waals surface area (Å²) in [5.41, 5.74) is 1.95. The molecule has 4 rings (SSSR count). The molecule has 122 valence electrons. The van der Waals surface area contributed by atoms with Gasteiger partial charge in [0.2, 0.25) is 12.7 Å². The summed E-state index contributed by atoms with van der Waals surface area (Å²) in [4.78, 5) is 17.7. The van der Waals surface area contributed by atoms with Gasteiger partial charge >= 0.3 is 0 Å². The van der Waals surface area contributed by atoms with E-state index in [1.807, 2.05) is 41.1 Å². The fourth-order valence-corrected chi connectivity index (χ4v) is 3.89. The van der Waals surface area contributed by atoms with Crippen molar-refractivity contribution < 1.29 is 14.3 Å². The maximum atomic E-state index is 12.1. The van der Waals surface area contributed by atoms with Gasteiger partial charge in [-0.2, -0.15) is 0 Å². The molecule has 0 bridgehead atoms. The number of nitrogens with one attached hydrogen (secondary N) is 1. The predicted molar refractivity (Wildman–Crippen MR) is 94.9 cm³/mol. The van der Waals surface area contributed by atoms with E-state index < -0.39 is 0 Å². The molecule has 3 heterocycles. The predicted octanol–water partition coefficient (Wildman–Crippen LogP) is 4.17. The zero-order valence-corrected chi connectivity index (χ0v) is 14.3. The molecule has 0 unspecified atom stereocenters. The Morgan fingerprint density at radius 3 is 3.00 bits per heavy atom. The number of rotatable bonds is 5. The number of amides is 1. The lowest BCUT2D eigenvalue weighted by atomic mass is 10.1. The molecule has 24 heavy (non-hydrogen) atoms. The molecular weight excluding hydrogens is 344 g/mol. The summed E-state index contributed by atoms with van der Waals surface area (Å²) in [7, 11) is 0. The second-order valence-corrected chi connectivity index (χ2v) is 7.06. The Bertz CT molecular complexity index is 859. The third kappa shape index (κ3) is 3.27. The maximum Gasteiger partial charge on any atom is 0.231 e. The van der Waals surface area contributed by atoms with E-state index in [4.69, 9.17) is 9.47 Å². The van der Waals surface area contributed by atoms with Crippen molar-refractivity contribution in [3.63, 3.8) is 0 Å². The van der Waals surface area contributed by atoms with Crippen LogP contribution in [0.15, 0.2) is 41.1 Å². The molecule has 3 aromatic rings. The van der Waals surface area contributed by atoms with Gasteiger partial charge in [0.25, 0.3) is 0 Å². The average Bonchev–Trinajstić information content (AvgIpc) is 3.32. The lowest BCUT2D eigenvalue weighted by Gasteiger charge is -2.03. The highest BCUT2D eigenvalue weighted by atomic mass is 32.1. The van der Waals surface area contributed by atoms with Crippen molar-refractivity contribution in [2.45, 2.75) is 12.8 Å². The quantitative estimate of drug-likeness (QED) is 0.743. The van der Waals surface area contributed by atoms with Gasteiger partial charge in [-0.15, -0.1) is 22.7 Å². The summed E-state index contributed by atoms with van der Waals surface area (Å²) >= 11 is 3.08. The summed E-state index contributed by atoms with van der Waals surface area (Å²) in [5, 5.41) is 7.47. The zero-order valence-electron chi connectivity index (χ0n) is 12.7. The van der Waals surface area contributed by atoms with Crippen LogP contribution in [0, 0.1) is 0 Å². The minimum Gasteiger partial charge on any atom is -0.454 e. The van der Waals surface area contributed by atoms with Crippen LogP contribution < -0.4 is 14.8 Å². The number of ether oxygens (including phenoxy) is 2. The average molecular weight is 358 g/mol. The Hall–Kier alpha value is -2.38. The van der Waals surface area contributed by atoms with E-state index in [0.29, 0.717) is 18.0 Å². The summed E-state index contributed by atoms with van der Waals surface area (Å²) in [6.07, 6.45) is 1.04. The largest absolute Gasteiger partial charge is 0.454 e. The Morgan fingerprint density at radius 1 is 1.21 bits per heavy atom. The highest BCUT2D eigenvalue weighted by Gasteiger charge is 2.14. The topological polar surface area (TPSA) is 60.5 Å². The van der Waals surface area contributed by atoms with Gasteiger partial charge in [0.05, 0.1) is 10.6 Å². The van der Waals surface area contributed by atoms with Crippen LogP contribution in [0.2, 0.25) is 0 Å². The van der Waals surface area contributed by atoms with Crippen LogP contribution in [0.3, 0.4) is 0 Å². The lowest BCUT2D eigenvalue weighted by Crippen LogP contribution is -2.12. The number of nitrogens with zero attached hydrogens (tertiary/aromatic N) is 1. The normalized spacial score (nSPS) is 12.3. The van der Waals surface area contributed by atoms with E-state index >= 15 is 0 Å². The van der Waals surface area contributed by atoms with Gasteiger partial charge in [-0.1, -0.05) is 12.1 Å². The van der Waals surface area contributed by atoms with Crippen LogP contribution >= 0.6 is 22.7 Å². The highest BCUT2D eigenvalue weighted by molar-refractivity contribution is 7.16. The van der Waals surface area contributed by atoms with Crippen LogP contribution in [0.1, 0.15) is 12.0 Å². The molecule has 1 amide bonds. The van der Waals surface area contributed by atoms with E-state index in [9.17, 15) is 4.79 Å². The second kappa shape index (κ2) is 6.62. The number of hydrogen-bond donors (Lipinski definition) is 1. The molecule has 0 saturated carbocycles. The van der Waals surface area contributed by atoms with E-state index in [2.05, 4.69) is 10.3 Å². The fourth-order valence-electron chi connectivity index (χ4n) is 2.40. The molecule has 0 saturated heterocycles. The number of carbonyl (C=O) groups excluding carboxylic acids is 1. The molecule has 0 spiro atoms. The number of anilines is 1. The van der Waals surface area contributed by atoms with Crippen LogP contribution in [0.25, 0.3) is 10.6 Å². The number of aromatic nitrogens is 1. The van der Waals surface area contributed by atoms with Crippen molar-refractivity contribution in [2.75, 3.05) is 12.1 Å². The standard InChI is InChI=1S/C17H14N2O3S2/c20-16(6-4-11-3-5-13-14(8-11)22-10-21-13)19-17-18-12(9-24-17)15-2-1-7-23-15/h1-3,5,7-9H,4,6,10H2,(H,18,19,20). The number of fused-ring (bicyclic) bond motifs is 1. The number of thiophene rings is 1. The summed E-state index contributed by atoms with van der Waals surface area (Å²) in [6, 6.07) is 9.77. The zero-order chi connectivity index (χ0) is 16.4. The van der Waals surface area contributed by atoms with Crippen molar-refractivity contribution in [1.82, 2.24) is 4.98 Å². The van der Waals surface area contributed by atoms with Gasteiger partial charge in [0, 0.05) is 11.8 Å². The number of thiazole rings is 1. The summed E-state index contributed by atoms with van der Waals surface area (Å²) in [6.45, 7) is 0.260. The number of aryl methyl sites for hydroxylation is 1. The third-order valence-electron chi connectivity index (χ3n) is 3.60. The van der Waals surface area contributed by atoms with Crippen molar-refractivity contribution in [1.29, 1.82) is 0 Å². The molecule has 1 N–H and O–H groups in total. The first kappa shape index (κ1) is 15.2. The van der Waals surface area contributed by atoms with Gasteiger partial charge in [-0.05, 0) is 35.6 Å². The summed E-state index contributed by atoms with van der Waals surface area (Å²) < 4.78 is 10.6. The maximum absolute atomic E-state index is 12.1. The molecular formula is C17H14N2O3S2. The first-order valence-electron chi connectivity index (χ1n) is 7.46. The Kier molecular flexibility index (Phi) is 4.18. The minimum absolute atomic E-state index is 0.0419. The van der Waals surface area contributed by atoms with Crippen molar-refractivity contribution in [3.8, 4) is 22.1 Å². The van der Waals surface area contributed by atoms with Crippen molar-refractivity contribution in [3.05, 3.63) is 46.7 Å². The number of benzene rings is 1. The molecule has 2 aromatic heterocycles. The van der Waals surface area contributed by atoms with Crippen LogP contribution in [0.4, 0.5) is 5.13 Å². The molecule has 1 aliphatic heterocycles. The van der Waals surface area contributed by atoms with Crippen LogP contribution in [-0.2, 0) is 11.2 Å². The van der Waals surface area contributed by atoms with Gasteiger partial charge in [0.15, 0.2) is 16.6 Å². The smallest absolute Gasteiger partial charge is 0.231 e. The third-order valence-corrected chi connectivity index (χ3v) is 5.25. The first-order valence-corrected chi connectivity index (χ1v) is 9.22. The Morgan fingerprint density at radius 2 is 2.12 bits per heavy atom. The molecule has 0 radical (unpaired) electrons. The molecule has 1 aliphatic rings. The van der Waals surface area contributed by atoms with E-state index in [1.54, 1.807) is 11.3 Å². The number of hydrogen-bond acceptors (Lipinski definition) is 6. The molecule has 5 nitrogen and oxygen atoms in total. The van der Waals surface area contributed by atoms with Gasteiger partial charge in [-0.25, -0.2) is 4.98 Å². The highest BCUT2D eigenvalue weighted by Crippen LogP contribution is 2.33. The van der Waals surface area contributed by atoms with Crippen molar-refractivity contribution in [2.24, 2.45) is 0 Å². The van der Waals surface area contributed by atoms with E-state index in [0.717, 1.165) is 27.6 Å². The van der Waals surface area contributed by atoms with Gasteiger partial charge < -0.3 is 14.8 Å². The minimum atomic E-state index is -0.0419. The lowest BCUT2D eigenvalue weighted by molar-refractivity contribution is -0.116. The molecule has 1 aromatic carbocycles. The van der Waals surface area contributed by atoms with Crippen molar-refractivity contribution >= 4 is 33.7 Å². The fraction of sp³-hybridized carbons (Fsp3) is 0.176. The molecule has 0 fully saturated rings. The Balaban J connectivity index is 1.34. The van der Waals surface area contributed by atoms with E-state index in [-0.39, 0.29) is 12.7 Å². The van der Waals surface area contributed by atoms with Gasteiger partial charge in [-0.3, -0.25) is 4.79 Å².